The van der Waals surface area contributed by atoms with Gasteiger partial charge in [0, 0.05) is 13.1 Å². The number of hydroxylamine groups is 2. The summed E-state index contributed by atoms with van der Waals surface area (Å²) in [5, 5.41) is 10.6. The van der Waals surface area contributed by atoms with E-state index in [4.69, 9.17) is 0 Å². The molecule has 0 spiro atoms. The van der Waals surface area contributed by atoms with E-state index in [-0.39, 0.29) is 18.2 Å². The molecule has 2 unspecified atom stereocenters. The summed E-state index contributed by atoms with van der Waals surface area (Å²) in [4.78, 5) is 34.6. The second-order valence-electron chi connectivity index (χ2n) is 10.2. The normalized spacial score (nSPS) is 23.5. The molecule has 0 radical (unpaired) electrons. The van der Waals surface area contributed by atoms with Gasteiger partial charge >= 0.3 is 0 Å². The minimum atomic E-state index is -0.615. The van der Waals surface area contributed by atoms with E-state index in [0.29, 0.717) is 34.9 Å². The number of thioether (sulfide) groups is 1. The molecule has 3 fully saturated rings. The van der Waals surface area contributed by atoms with Crippen LogP contribution in [-0.4, -0.2) is 58.4 Å². The Balaban J connectivity index is 1.45. The van der Waals surface area contributed by atoms with Gasteiger partial charge in [-0.25, -0.2) is 15.0 Å². The highest BCUT2D eigenvalue weighted by atomic mass is 32.2. The second-order valence-corrected chi connectivity index (χ2v) is 10.9. The Morgan fingerprint density at radius 1 is 1.20 bits per heavy atom. The van der Waals surface area contributed by atoms with E-state index < -0.39 is 17.6 Å². The van der Waals surface area contributed by atoms with Crippen molar-refractivity contribution >= 4 is 35.7 Å². The van der Waals surface area contributed by atoms with Crippen molar-refractivity contribution in [2.45, 2.75) is 69.4 Å². The van der Waals surface area contributed by atoms with Crippen molar-refractivity contribution in [3.05, 3.63) is 5.82 Å². The fraction of sp³-hybridized carbons (Fsp3) is 0.750. The smallest absolute Gasteiger partial charge is 0.243 e. The number of fused-ring (bicyclic) bond motifs is 1. The lowest BCUT2D eigenvalue weighted by Crippen LogP contribution is -2.43. The van der Waals surface area contributed by atoms with Gasteiger partial charge in [0.1, 0.15) is 0 Å². The summed E-state index contributed by atoms with van der Waals surface area (Å²) in [6.07, 6.45) is 13.0. The number of hydrazine groups is 1. The van der Waals surface area contributed by atoms with Gasteiger partial charge in [-0.15, -0.1) is 0 Å². The summed E-state index contributed by atoms with van der Waals surface area (Å²) in [6.45, 7) is 1.44. The van der Waals surface area contributed by atoms with Crippen molar-refractivity contribution in [3.63, 3.8) is 0 Å². The Morgan fingerprint density at radius 3 is 2.63 bits per heavy atom. The van der Waals surface area contributed by atoms with Gasteiger partial charge in [0.2, 0.25) is 18.1 Å². The van der Waals surface area contributed by atoms with Crippen molar-refractivity contribution in [3.8, 4) is 0 Å². The summed E-state index contributed by atoms with van der Waals surface area (Å²) in [5.41, 5.74) is 5.24. The summed E-state index contributed by atoms with van der Waals surface area (Å²) in [5.74, 6) is 0.249. The van der Waals surface area contributed by atoms with Crippen LogP contribution in [0.2, 0.25) is 0 Å². The lowest BCUT2D eigenvalue weighted by Gasteiger charge is -2.41. The molecule has 3 N–H and O–H groups in total. The van der Waals surface area contributed by atoms with Gasteiger partial charge in [-0.2, -0.15) is 4.39 Å². The number of rotatable bonds is 10. The number of amides is 2. The molecular weight excluding hydrogens is 471 g/mol. The van der Waals surface area contributed by atoms with Crippen molar-refractivity contribution in [2.75, 3.05) is 36.2 Å². The standard InChI is InChI=1S/C24H37FN6O3S/c1-35-24-26-21(20(25)22(27-24)30-11-10-17-8-4-5-9-18(17)13-30)28-29-23(33)19(14-31(34)15-32)12-16-6-2-3-7-16/h15-19,34H,2-14H2,1H3,(H,29,33)(H,26,27,28)/t17?,18?,19-/m0/s1. The number of nitrogens with zero attached hydrogens (tertiary/aromatic N) is 4. The number of hydrogen-bond acceptors (Lipinski definition) is 8. The molecule has 1 aromatic rings. The third-order valence-corrected chi connectivity index (χ3v) is 8.43. The molecular formula is C24H37FN6O3S. The van der Waals surface area contributed by atoms with Crippen LogP contribution in [0.3, 0.4) is 0 Å². The van der Waals surface area contributed by atoms with Crippen LogP contribution in [0.25, 0.3) is 0 Å². The molecule has 1 aliphatic heterocycles. The number of anilines is 2. The molecule has 0 aromatic carbocycles. The summed E-state index contributed by atoms with van der Waals surface area (Å²) in [7, 11) is 0. The van der Waals surface area contributed by atoms with E-state index in [9.17, 15) is 14.8 Å². The van der Waals surface area contributed by atoms with Crippen LogP contribution in [-0.2, 0) is 9.59 Å². The van der Waals surface area contributed by atoms with Crippen LogP contribution >= 0.6 is 11.8 Å². The maximum Gasteiger partial charge on any atom is 0.243 e. The predicted molar refractivity (Wildman–Crippen MR) is 132 cm³/mol. The fourth-order valence-electron chi connectivity index (χ4n) is 6.00. The Bertz CT molecular complexity index is 887. The highest BCUT2D eigenvalue weighted by Crippen LogP contribution is 2.38. The van der Waals surface area contributed by atoms with E-state index in [1.807, 2.05) is 11.2 Å². The highest BCUT2D eigenvalue weighted by Gasteiger charge is 2.33. The molecule has 3 atom stereocenters. The Kier molecular flexibility index (Phi) is 9.04. The van der Waals surface area contributed by atoms with Gasteiger partial charge in [0.15, 0.2) is 16.8 Å². The molecule has 9 nitrogen and oxygen atoms in total. The number of nitrogens with one attached hydrogen (secondary N) is 2. The van der Waals surface area contributed by atoms with Crippen molar-refractivity contribution in [1.29, 1.82) is 0 Å². The van der Waals surface area contributed by atoms with E-state index in [0.717, 1.165) is 51.1 Å². The minimum absolute atomic E-state index is 0.0747. The van der Waals surface area contributed by atoms with Crippen LogP contribution in [0, 0.1) is 29.5 Å². The molecule has 2 aliphatic carbocycles. The van der Waals surface area contributed by atoms with Gasteiger partial charge in [0.25, 0.3) is 0 Å². The average Bonchev–Trinajstić information content (AvgIpc) is 3.40. The molecule has 0 bridgehead atoms. The van der Waals surface area contributed by atoms with Crippen LogP contribution in [0.1, 0.15) is 64.2 Å². The predicted octanol–water partition coefficient (Wildman–Crippen LogP) is 3.84. The van der Waals surface area contributed by atoms with Crippen molar-refractivity contribution in [2.24, 2.45) is 23.7 Å². The topological polar surface area (TPSA) is 111 Å². The van der Waals surface area contributed by atoms with Crippen LogP contribution in [0.15, 0.2) is 5.16 Å². The maximum atomic E-state index is 15.6. The summed E-state index contributed by atoms with van der Waals surface area (Å²) >= 11 is 1.32. The first-order valence-electron chi connectivity index (χ1n) is 12.8. The molecule has 3 aliphatic rings. The number of piperidine rings is 1. The Hall–Kier alpha value is -2.14. The van der Waals surface area contributed by atoms with Gasteiger partial charge in [-0.05, 0) is 43.3 Å². The zero-order valence-corrected chi connectivity index (χ0v) is 21.2. The molecule has 2 amide bonds. The van der Waals surface area contributed by atoms with Gasteiger partial charge in [-0.1, -0.05) is 56.7 Å². The number of carbonyl (C=O) groups excluding carboxylic acids is 2. The number of hydrogen-bond donors (Lipinski definition) is 3. The fourth-order valence-corrected chi connectivity index (χ4v) is 6.36. The molecule has 1 aromatic heterocycles. The minimum Gasteiger partial charge on any atom is -0.354 e. The van der Waals surface area contributed by atoms with E-state index in [2.05, 4.69) is 20.8 Å². The van der Waals surface area contributed by atoms with Gasteiger partial charge in [-0.3, -0.25) is 25.6 Å². The zero-order chi connectivity index (χ0) is 24.8. The summed E-state index contributed by atoms with van der Waals surface area (Å²) in [6, 6.07) is 0. The van der Waals surface area contributed by atoms with E-state index in [1.54, 1.807) is 0 Å². The van der Waals surface area contributed by atoms with E-state index >= 15 is 4.39 Å². The first-order chi connectivity index (χ1) is 17.0. The zero-order valence-electron chi connectivity index (χ0n) is 20.4. The number of carbonyl (C=O) groups is 2. The van der Waals surface area contributed by atoms with E-state index in [1.165, 1.54) is 37.4 Å². The average molecular weight is 509 g/mol. The van der Waals surface area contributed by atoms with Crippen molar-refractivity contribution < 1.29 is 19.2 Å². The van der Waals surface area contributed by atoms with Crippen molar-refractivity contribution in [1.82, 2.24) is 20.5 Å². The van der Waals surface area contributed by atoms with Gasteiger partial charge < -0.3 is 4.90 Å². The first kappa shape index (κ1) is 25.9. The molecule has 11 heteroatoms. The number of halogens is 1. The third kappa shape index (κ3) is 6.55. The van der Waals surface area contributed by atoms with Crippen LogP contribution in [0.5, 0.6) is 0 Å². The second kappa shape index (κ2) is 12.2. The molecule has 1 saturated heterocycles. The van der Waals surface area contributed by atoms with Crippen LogP contribution in [0.4, 0.5) is 16.0 Å². The highest BCUT2D eigenvalue weighted by molar-refractivity contribution is 7.98. The van der Waals surface area contributed by atoms with Crippen LogP contribution < -0.4 is 15.8 Å². The molecule has 35 heavy (non-hydrogen) atoms. The maximum absolute atomic E-state index is 15.6. The van der Waals surface area contributed by atoms with Gasteiger partial charge in [0.05, 0.1) is 12.5 Å². The lowest BCUT2D eigenvalue weighted by atomic mass is 9.75. The largest absolute Gasteiger partial charge is 0.354 e. The first-order valence-corrected chi connectivity index (χ1v) is 14.0. The molecule has 194 valence electrons. The number of aromatic nitrogens is 2. The molecule has 2 heterocycles. The molecule has 2 saturated carbocycles. The lowest BCUT2D eigenvalue weighted by molar-refractivity contribution is -0.154. The quantitative estimate of drug-likeness (QED) is 0.144. The Labute approximate surface area is 210 Å². The SMILES string of the molecule is CSc1nc(NNC(=O)[C@@H](CC2CCCC2)CN(O)C=O)c(F)c(N2CCC3CCCCC3C2)n1. The summed E-state index contributed by atoms with van der Waals surface area (Å²) < 4.78 is 15.6. The monoisotopic (exact) mass is 508 g/mol. The molecule has 4 rings (SSSR count). The Morgan fingerprint density at radius 2 is 1.91 bits per heavy atom. The third-order valence-electron chi connectivity index (χ3n) is 7.88.